The van der Waals surface area contributed by atoms with Crippen molar-refractivity contribution in [3.05, 3.63) is 408 Å². The second-order valence-electron chi connectivity index (χ2n) is 33.3. The minimum Gasteiger partial charge on any atom is -0.497 e. The van der Waals surface area contributed by atoms with E-state index in [2.05, 4.69) is 66.5 Å². The average Bonchev–Trinajstić information content (AvgIpc) is 0.793. The minimum absolute atomic E-state index is 0.176. The Morgan fingerprint density at radius 3 is 1.00 bits per heavy atom. The fraction of sp³-hybridized carbons (Fsp3) is 0.0982. The Bertz CT molecular complexity index is 7980. The first-order valence-electron chi connectivity index (χ1n) is 44.7. The number of nitrogens with zero attached hydrogens (tertiary/aromatic N) is 8. The van der Waals surface area contributed by atoms with Gasteiger partial charge in [0.25, 0.3) is 29.5 Å². The first-order valence-corrected chi connectivity index (χ1v) is 44.7. The molecule has 142 heavy (non-hydrogen) atoms. The van der Waals surface area contributed by atoms with Gasteiger partial charge in [0.15, 0.2) is 0 Å². The molecule has 12 aromatic carbocycles. The molecule has 30 heteroatoms. The Labute approximate surface area is 813 Å². The van der Waals surface area contributed by atoms with Gasteiger partial charge in [0.2, 0.25) is 0 Å². The number of para-hydroxylation sites is 1. The lowest BCUT2D eigenvalue weighted by atomic mass is 9.99. The number of nitrogen functional groups attached to an aromatic ring is 5. The highest BCUT2D eigenvalue weighted by Gasteiger charge is 2.22. The van der Waals surface area contributed by atoms with E-state index < -0.39 is 0 Å². The number of aryl methyl sites for hydroxylation is 2. The van der Waals surface area contributed by atoms with Crippen molar-refractivity contribution in [2.45, 2.75) is 47.3 Å². The molecule has 0 aliphatic heterocycles. The molecule has 0 spiro atoms. The van der Waals surface area contributed by atoms with Crippen molar-refractivity contribution in [3.63, 3.8) is 0 Å². The molecule has 25 nitrogen and oxygen atoms in total. The smallest absolute Gasteiger partial charge is 0.257 e. The second-order valence-corrected chi connectivity index (χ2v) is 33.3. The number of fused-ring (bicyclic) bond motifs is 5. The molecule has 0 aliphatic rings. The predicted octanol–water partition coefficient (Wildman–Crippen LogP) is 21.4. The Kier molecular flexibility index (Phi) is 31.1. The van der Waals surface area contributed by atoms with Crippen molar-refractivity contribution in [2.24, 2.45) is 5.92 Å². The Hall–Kier alpha value is -18.5. The lowest BCUT2D eigenvalue weighted by Gasteiger charge is -2.12. The van der Waals surface area contributed by atoms with Gasteiger partial charge in [0.05, 0.1) is 78.1 Å². The molecule has 0 atom stereocenters. The number of pyridine rings is 6. The molecule has 0 bridgehead atoms. The fourth-order valence-electron chi connectivity index (χ4n) is 15.6. The zero-order valence-corrected chi connectivity index (χ0v) is 77.7. The molecule has 7 heterocycles. The van der Waals surface area contributed by atoms with Crippen LogP contribution in [0.1, 0.15) is 93.7 Å². The number of amides is 5. The molecule has 7 aromatic heterocycles. The summed E-state index contributed by atoms with van der Waals surface area (Å²) in [5, 5.41) is 21.0. The zero-order chi connectivity index (χ0) is 100. The first-order chi connectivity index (χ1) is 68.6. The number of nitrogens with one attached hydrogen (secondary N) is 5. The molecule has 0 saturated heterocycles. The van der Waals surface area contributed by atoms with E-state index in [0.29, 0.717) is 148 Å². The first kappa shape index (κ1) is 98.0. The van der Waals surface area contributed by atoms with Gasteiger partial charge in [-0.25, -0.2) is 46.9 Å². The number of ether oxygens (including phenoxy) is 2. The number of carbonyl (C=O) groups excluding carboxylic acids is 5. The summed E-state index contributed by atoms with van der Waals surface area (Å²) in [6.07, 6.45) is 13.9. The van der Waals surface area contributed by atoms with E-state index >= 15 is 0 Å². The third kappa shape index (κ3) is 24.1. The van der Waals surface area contributed by atoms with Gasteiger partial charge in [-0.2, -0.15) is 0 Å². The maximum absolute atomic E-state index is 13.6. The number of nitrogens with two attached hydrogens (primary N) is 5. The molecule has 710 valence electrons. The van der Waals surface area contributed by atoms with Gasteiger partial charge in [-0.15, -0.1) is 0 Å². The maximum Gasteiger partial charge on any atom is 0.257 e. The lowest BCUT2D eigenvalue weighted by Crippen LogP contribution is -2.27. The highest BCUT2D eigenvalue weighted by atomic mass is 19.1. The zero-order valence-electron chi connectivity index (χ0n) is 77.7. The van der Waals surface area contributed by atoms with Gasteiger partial charge >= 0.3 is 0 Å². The number of hydrogen-bond donors (Lipinski definition) is 10. The van der Waals surface area contributed by atoms with Crippen molar-refractivity contribution in [2.75, 3.05) is 54.7 Å². The number of aromatic nitrogens is 8. The summed E-state index contributed by atoms with van der Waals surface area (Å²) in [5.41, 5.74) is 44.8. The SMILES string of the molecule is CC(C)CNC(=O)c1cnc(N)c2cc(-c3cccc(F)c3)ccc12.COc1cccc(CNC(=O)c2cnc(N)c3cc(-c4cccc(F)c4)ccc23)c1.COc1ccccc1CNC(=O)c1cnc(N)c2cc(-c3cccc(F)c3)ccc12.Cc1cnc(CNC(=O)c2cnc(N)c3cc(-c4cccc(F)c4)ccc23)cn1.Cc1cncc(NC(=O)c2cnc(N)c3cc(-c4cccc(F)c4)ccc23)c1. The Morgan fingerprint density at radius 1 is 0.310 bits per heavy atom. The maximum atomic E-state index is 13.6. The monoisotopic (exact) mass is 1900 g/mol. The van der Waals surface area contributed by atoms with Crippen molar-refractivity contribution >= 4 is 118 Å². The molecule has 19 rings (SSSR count). The van der Waals surface area contributed by atoms with E-state index in [0.717, 1.165) is 89.2 Å². The Balaban J connectivity index is 0.000000134. The number of anilines is 6. The molecule has 0 aliphatic carbocycles. The van der Waals surface area contributed by atoms with Crippen LogP contribution in [0.5, 0.6) is 11.5 Å². The van der Waals surface area contributed by atoms with Crippen LogP contribution in [0.15, 0.2) is 323 Å². The lowest BCUT2D eigenvalue weighted by molar-refractivity contribution is 0.0942. The standard InChI is InChI=1S/2C24H20FN3O2.C22H18FN5O.C22H17FN4O.C20H20FN3O/c1-30-19-7-2-4-15(10-19)13-28-24(29)22-14-27-23(26)21-12-17(8-9-20(21)22)16-5-3-6-18(25)11-16;1-30-22-8-3-2-5-17(22)13-28-24(29)21-14-27-23(26)20-12-16(9-10-19(20)21)15-6-4-7-18(25)11-15;1-13-9-26-17(10-25-13)11-28-22(29)20-12-27-21(24)19-8-15(5-6-18(19)20)14-3-2-4-16(23)7-14;1-13-7-17(11-25-10-13)27-22(28)20-12-26-21(24)19-9-15(5-6-18(19)20)14-3-2-4-16(23)8-14;1-12(2)10-24-20(25)18-11-23-19(22)17-9-14(6-7-16(17)18)13-4-3-5-15(21)8-13/h2*2-12,14H,13H2,1H3,(H2,26,27)(H,28,29);2-10,12H,11H2,1H3,(H2,24,27)(H,28,29);2-12H,1H3,(H2,24,26)(H,27,28);3-9,11-12H,10H2,1-2H3,(H2,22,23)(H,24,25). The van der Waals surface area contributed by atoms with Crippen LogP contribution in [0.2, 0.25) is 0 Å². The van der Waals surface area contributed by atoms with Crippen molar-refractivity contribution in [1.29, 1.82) is 0 Å². The molecule has 0 unspecified atom stereocenters. The van der Waals surface area contributed by atoms with E-state index in [1.54, 1.807) is 81.5 Å². The number of halogens is 5. The van der Waals surface area contributed by atoms with Crippen LogP contribution in [0.3, 0.4) is 0 Å². The predicted molar refractivity (Wildman–Crippen MR) is 548 cm³/mol. The largest absolute Gasteiger partial charge is 0.497 e. The summed E-state index contributed by atoms with van der Waals surface area (Å²) < 4.78 is 78.3. The molecule has 5 amide bonds. The summed E-state index contributed by atoms with van der Waals surface area (Å²) in [6, 6.07) is 75.8. The van der Waals surface area contributed by atoms with Gasteiger partial charge in [-0.3, -0.25) is 38.9 Å². The highest BCUT2D eigenvalue weighted by Crippen LogP contribution is 2.37. The highest BCUT2D eigenvalue weighted by molar-refractivity contribution is 6.16. The molecule has 0 saturated carbocycles. The van der Waals surface area contributed by atoms with Gasteiger partial charge in [-0.1, -0.05) is 166 Å². The van der Waals surface area contributed by atoms with Gasteiger partial charge in [0.1, 0.15) is 69.7 Å². The van der Waals surface area contributed by atoms with Crippen LogP contribution in [0.4, 0.5) is 56.7 Å². The molecule has 19 aromatic rings. The minimum atomic E-state index is -0.318. The van der Waals surface area contributed by atoms with E-state index in [4.69, 9.17) is 38.1 Å². The van der Waals surface area contributed by atoms with E-state index in [1.807, 2.05) is 191 Å². The summed E-state index contributed by atoms with van der Waals surface area (Å²) >= 11 is 0. The summed E-state index contributed by atoms with van der Waals surface area (Å²) in [7, 11) is 3.19. The summed E-state index contributed by atoms with van der Waals surface area (Å²) in [6.45, 7) is 9.32. The summed E-state index contributed by atoms with van der Waals surface area (Å²) in [5.74, 6) is 0.512. The second kappa shape index (κ2) is 45.0. The van der Waals surface area contributed by atoms with E-state index in [-0.39, 0.29) is 65.2 Å². The van der Waals surface area contributed by atoms with E-state index in [9.17, 15) is 45.9 Å². The van der Waals surface area contributed by atoms with Crippen molar-refractivity contribution in [1.82, 2.24) is 61.1 Å². The normalized spacial score (nSPS) is 10.8. The van der Waals surface area contributed by atoms with Crippen LogP contribution < -0.4 is 64.7 Å². The van der Waals surface area contributed by atoms with E-state index in [1.165, 1.54) is 91.6 Å². The molecule has 0 radical (unpaired) electrons. The van der Waals surface area contributed by atoms with Crippen LogP contribution >= 0.6 is 0 Å². The number of hydrogen-bond acceptors (Lipinski definition) is 20. The molecular weight excluding hydrogens is 1800 g/mol. The van der Waals surface area contributed by atoms with Crippen molar-refractivity contribution in [3.8, 4) is 67.1 Å². The number of methoxy groups -OCH3 is 2. The number of carbonyl (C=O) groups is 5. The number of rotatable bonds is 21. The number of benzene rings is 12. The van der Waals surface area contributed by atoms with Crippen molar-refractivity contribution < 1.29 is 55.4 Å². The third-order valence-corrected chi connectivity index (χ3v) is 22.9. The van der Waals surface area contributed by atoms with Gasteiger partial charge < -0.3 is 64.7 Å². The quantitative estimate of drug-likeness (QED) is 0.0299. The topological polar surface area (TPSA) is 397 Å². The van der Waals surface area contributed by atoms with Crippen LogP contribution in [-0.2, 0) is 19.6 Å². The van der Waals surface area contributed by atoms with Crippen LogP contribution in [-0.4, -0.2) is 90.2 Å². The van der Waals surface area contributed by atoms with Gasteiger partial charge in [-0.05, 0) is 229 Å². The third-order valence-electron chi connectivity index (χ3n) is 22.9. The molecule has 0 fully saturated rings. The average molecular weight is 1900 g/mol. The molecule has 15 N–H and O–H groups in total. The Morgan fingerprint density at radius 2 is 0.655 bits per heavy atom. The summed E-state index contributed by atoms with van der Waals surface area (Å²) in [4.78, 5) is 96.9. The van der Waals surface area contributed by atoms with Crippen LogP contribution in [0, 0.1) is 48.9 Å². The van der Waals surface area contributed by atoms with Crippen LogP contribution in [0.25, 0.3) is 109 Å². The molecular formula is C112H95F5N18O7. The van der Waals surface area contributed by atoms with Gasteiger partial charge in [0, 0.05) is 95.5 Å². The fourth-order valence-corrected chi connectivity index (χ4v) is 15.6.